The van der Waals surface area contributed by atoms with Crippen LogP contribution in [0.25, 0.3) is 0 Å². The van der Waals surface area contributed by atoms with E-state index in [2.05, 4.69) is 13.3 Å². The van der Waals surface area contributed by atoms with Gasteiger partial charge in [0.2, 0.25) is 0 Å². The van der Waals surface area contributed by atoms with Crippen molar-refractivity contribution >= 4 is 25.6 Å². The number of hydrogen-bond donors (Lipinski definition) is 1. The van der Waals surface area contributed by atoms with E-state index in [4.69, 9.17) is 0 Å². The second-order valence-electron chi connectivity index (χ2n) is 3.43. The zero-order chi connectivity index (χ0) is 12.4. The second-order valence-corrected chi connectivity index (χ2v) is 5.16. The van der Waals surface area contributed by atoms with Crippen LogP contribution in [0.15, 0.2) is 20.2 Å². The first-order valence-electron chi connectivity index (χ1n) is 5.04. The SMILES string of the molecule is CCCNc1ccc([N+](=O)[O-])c2c1=N[Se](=O)N=2. The number of rotatable bonds is 4. The predicted octanol–water partition coefficient (Wildman–Crippen LogP) is 0.0849. The average molecular weight is 301 g/mol. The molecule has 0 saturated heterocycles. The van der Waals surface area contributed by atoms with Crippen LogP contribution < -0.4 is 16.0 Å². The first kappa shape index (κ1) is 11.8. The monoisotopic (exact) mass is 302 g/mol. The third kappa shape index (κ3) is 2.22. The third-order valence-corrected chi connectivity index (χ3v) is 3.65. The Hall–Kier alpha value is -1.66. The maximum absolute atomic E-state index is 11.3. The number of anilines is 1. The molecule has 0 bridgehead atoms. The van der Waals surface area contributed by atoms with Gasteiger partial charge in [-0.2, -0.15) is 0 Å². The summed E-state index contributed by atoms with van der Waals surface area (Å²) >= 11 is -2.68. The van der Waals surface area contributed by atoms with Crippen LogP contribution in [0.4, 0.5) is 11.4 Å². The van der Waals surface area contributed by atoms with Gasteiger partial charge in [-0.1, -0.05) is 0 Å². The van der Waals surface area contributed by atoms with Gasteiger partial charge < -0.3 is 0 Å². The fraction of sp³-hybridized carbons (Fsp3) is 0.333. The van der Waals surface area contributed by atoms with Crippen LogP contribution in [0.2, 0.25) is 0 Å². The third-order valence-electron chi connectivity index (χ3n) is 2.23. The molecule has 90 valence electrons. The molecule has 7 nitrogen and oxygen atoms in total. The minimum absolute atomic E-state index is 0.135. The van der Waals surface area contributed by atoms with E-state index < -0.39 is 19.2 Å². The normalized spacial score (nSPS) is 16.9. The molecule has 1 N–H and O–H groups in total. The summed E-state index contributed by atoms with van der Waals surface area (Å²) in [5.74, 6) is 0. The summed E-state index contributed by atoms with van der Waals surface area (Å²) in [4.78, 5) is 10.3. The Morgan fingerprint density at radius 2 is 2.12 bits per heavy atom. The van der Waals surface area contributed by atoms with Crippen LogP contribution >= 0.6 is 0 Å². The van der Waals surface area contributed by atoms with Crippen LogP contribution in [0.5, 0.6) is 0 Å². The molecule has 8 heteroatoms. The van der Waals surface area contributed by atoms with Gasteiger partial charge >= 0.3 is 101 Å². The molecule has 1 aliphatic rings. The van der Waals surface area contributed by atoms with E-state index in [0.29, 0.717) is 11.0 Å². The molecular weight excluding hydrogens is 291 g/mol. The summed E-state index contributed by atoms with van der Waals surface area (Å²) in [6.45, 7) is 2.73. The van der Waals surface area contributed by atoms with E-state index in [1.165, 1.54) is 6.07 Å². The van der Waals surface area contributed by atoms with Crippen LogP contribution in [-0.4, -0.2) is 25.7 Å². The first-order chi connectivity index (χ1) is 8.13. The van der Waals surface area contributed by atoms with Gasteiger partial charge in [0.25, 0.3) is 0 Å². The Balaban J connectivity index is 2.61. The number of nitrogens with one attached hydrogen (secondary N) is 1. The Morgan fingerprint density at radius 3 is 2.76 bits per heavy atom. The summed E-state index contributed by atoms with van der Waals surface area (Å²) in [5.41, 5.74) is 0.506. The van der Waals surface area contributed by atoms with Gasteiger partial charge in [0.15, 0.2) is 0 Å². The topological polar surface area (TPSA) is 97.0 Å². The quantitative estimate of drug-likeness (QED) is 0.484. The van der Waals surface area contributed by atoms with Crippen LogP contribution in [0.3, 0.4) is 0 Å². The number of non-ortho nitro benzene ring substituents is 1. The van der Waals surface area contributed by atoms with Crippen molar-refractivity contribution in [3.63, 3.8) is 0 Å². The molecule has 0 amide bonds. The van der Waals surface area contributed by atoms with Gasteiger partial charge in [-0.25, -0.2) is 0 Å². The molecular formula is C9H10N4O3Se. The van der Waals surface area contributed by atoms with Crippen LogP contribution in [0.1, 0.15) is 13.3 Å². The zero-order valence-electron chi connectivity index (χ0n) is 9.04. The molecule has 0 saturated carbocycles. The number of nitro groups is 1. The molecule has 2 rings (SSSR count). The maximum atomic E-state index is 11.3. The molecule has 0 aromatic heterocycles. The van der Waals surface area contributed by atoms with Gasteiger partial charge in [-0.15, -0.1) is 0 Å². The number of hydrogen-bond acceptors (Lipinski definition) is 4. The number of nitro benzene ring substituents is 1. The molecule has 0 spiro atoms. The average Bonchev–Trinajstić information content (AvgIpc) is 2.66. The van der Waals surface area contributed by atoms with Crippen molar-refractivity contribution in [1.29, 1.82) is 0 Å². The Labute approximate surface area is 101 Å². The van der Waals surface area contributed by atoms with Gasteiger partial charge in [0.1, 0.15) is 0 Å². The van der Waals surface area contributed by atoms with E-state index in [1.807, 2.05) is 6.92 Å². The van der Waals surface area contributed by atoms with Crippen LogP contribution in [-0.2, 0) is 3.83 Å². The zero-order valence-corrected chi connectivity index (χ0v) is 10.8. The van der Waals surface area contributed by atoms with E-state index in [-0.39, 0.29) is 11.0 Å². The molecule has 0 radical (unpaired) electrons. The van der Waals surface area contributed by atoms with Crippen molar-refractivity contribution < 1.29 is 8.76 Å². The van der Waals surface area contributed by atoms with Gasteiger partial charge in [0, 0.05) is 0 Å². The van der Waals surface area contributed by atoms with Crippen molar-refractivity contribution in [3.05, 3.63) is 33.0 Å². The second kappa shape index (κ2) is 4.68. The van der Waals surface area contributed by atoms with Crippen LogP contribution in [0, 0.1) is 10.1 Å². The Morgan fingerprint density at radius 1 is 1.41 bits per heavy atom. The van der Waals surface area contributed by atoms with Gasteiger partial charge in [-0.3, -0.25) is 0 Å². The van der Waals surface area contributed by atoms with Crippen molar-refractivity contribution in [2.24, 2.45) is 8.02 Å². The molecule has 1 unspecified atom stereocenters. The Kier molecular flexibility index (Phi) is 3.26. The fourth-order valence-electron chi connectivity index (χ4n) is 1.48. The molecule has 17 heavy (non-hydrogen) atoms. The first-order valence-corrected chi connectivity index (χ1v) is 7.27. The Bertz CT molecular complexity index is 613. The summed E-state index contributed by atoms with van der Waals surface area (Å²) in [6.07, 6.45) is 0.917. The molecule has 0 fully saturated rings. The van der Waals surface area contributed by atoms with E-state index in [1.54, 1.807) is 6.07 Å². The molecule has 1 heterocycles. The molecule has 1 aromatic carbocycles. The van der Waals surface area contributed by atoms with E-state index >= 15 is 0 Å². The van der Waals surface area contributed by atoms with Crippen molar-refractivity contribution in [2.45, 2.75) is 13.3 Å². The number of benzene rings is 1. The fourth-order valence-corrected chi connectivity index (χ4v) is 2.98. The van der Waals surface area contributed by atoms with Crippen molar-refractivity contribution in [1.82, 2.24) is 0 Å². The minimum atomic E-state index is -2.68. The summed E-state index contributed by atoms with van der Waals surface area (Å²) in [5, 5.41) is 14.4. The number of nitrogens with zero attached hydrogens (tertiary/aromatic N) is 3. The van der Waals surface area contributed by atoms with Crippen molar-refractivity contribution in [2.75, 3.05) is 11.9 Å². The van der Waals surface area contributed by atoms with Crippen molar-refractivity contribution in [3.8, 4) is 0 Å². The van der Waals surface area contributed by atoms with E-state index in [9.17, 15) is 13.9 Å². The molecule has 0 aliphatic carbocycles. The summed E-state index contributed by atoms with van der Waals surface area (Å²) in [7, 11) is 0. The molecule has 1 aliphatic heterocycles. The molecule has 1 atom stereocenters. The standard InChI is InChI=1S/C9H10N4O3Se/c1-2-5-10-6-3-4-7(13(14)15)9-8(6)11-17(16)12-9/h3-4,10H,2,5H2,1H3. The molecule has 1 aromatic rings. The summed E-state index contributed by atoms with van der Waals surface area (Å²) in [6, 6.07) is 2.94. The van der Waals surface area contributed by atoms with Gasteiger partial charge in [0.05, 0.1) is 0 Å². The van der Waals surface area contributed by atoms with Gasteiger partial charge in [-0.05, 0) is 0 Å². The number of fused-ring (bicyclic) bond motifs is 1. The van der Waals surface area contributed by atoms with E-state index in [0.717, 1.165) is 13.0 Å². The summed E-state index contributed by atoms with van der Waals surface area (Å²) < 4.78 is 19.0. The predicted molar refractivity (Wildman–Crippen MR) is 60.6 cm³/mol.